The summed E-state index contributed by atoms with van der Waals surface area (Å²) < 4.78 is 11.1. The van der Waals surface area contributed by atoms with Crippen molar-refractivity contribution in [3.05, 3.63) is 51.5 Å². The van der Waals surface area contributed by atoms with E-state index in [1.807, 2.05) is 26.8 Å². The number of furan rings is 1. The molecule has 1 unspecified atom stereocenters. The third-order valence-corrected chi connectivity index (χ3v) is 4.17. The van der Waals surface area contributed by atoms with E-state index in [-0.39, 0.29) is 6.04 Å². The molecule has 0 spiro atoms. The number of nitrogens with one attached hydrogen (secondary N) is 1. The third-order valence-electron chi connectivity index (χ3n) is 4.17. The monoisotopic (exact) mass is 288 g/mol. The second-order valence-electron chi connectivity index (χ2n) is 5.53. The van der Waals surface area contributed by atoms with Crippen molar-refractivity contribution in [3.8, 4) is 5.75 Å². The Hall–Kier alpha value is -1.78. The molecule has 0 radical (unpaired) electrons. The number of methoxy groups -OCH3 is 1. The summed E-state index contributed by atoms with van der Waals surface area (Å²) in [5.41, 5.74) is 8.56. The van der Waals surface area contributed by atoms with Crippen LogP contribution >= 0.6 is 0 Å². The van der Waals surface area contributed by atoms with E-state index in [1.54, 1.807) is 7.11 Å². The molecular formula is C17H24N2O2. The Kier molecular flexibility index (Phi) is 4.40. The standard InChI is InChI=1S/C17H24N2O2/c1-9-8-15(20-6)10(2)7-14(9)17(19-18)16-11(3)12(4)21-13(16)5/h7-8,17,19H,18H2,1-6H3. The largest absolute Gasteiger partial charge is 0.496 e. The fraction of sp³-hybridized carbons (Fsp3) is 0.412. The molecule has 2 rings (SSSR count). The van der Waals surface area contributed by atoms with Crippen molar-refractivity contribution in [2.75, 3.05) is 7.11 Å². The van der Waals surface area contributed by atoms with Crippen molar-refractivity contribution < 1.29 is 9.15 Å². The lowest BCUT2D eigenvalue weighted by atomic mass is 9.91. The molecule has 114 valence electrons. The van der Waals surface area contributed by atoms with Crippen molar-refractivity contribution in [2.24, 2.45) is 5.84 Å². The van der Waals surface area contributed by atoms with Crippen molar-refractivity contribution in [2.45, 2.75) is 40.7 Å². The van der Waals surface area contributed by atoms with Crippen molar-refractivity contribution in [3.63, 3.8) is 0 Å². The highest BCUT2D eigenvalue weighted by atomic mass is 16.5. The minimum atomic E-state index is -0.0907. The quantitative estimate of drug-likeness (QED) is 0.669. The first kappa shape index (κ1) is 15.6. The highest BCUT2D eigenvalue weighted by Gasteiger charge is 2.23. The number of ether oxygens (including phenoxy) is 1. The van der Waals surface area contributed by atoms with E-state index in [4.69, 9.17) is 15.0 Å². The zero-order valence-electron chi connectivity index (χ0n) is 13.6. The Labute approximate surface area is 126 Å². The molecule has 0 bridgehead atoms. The fourth-order valence-corrected chi connectivity index (χ4v) is 2.91. The number of aryl methyl sites for hydroxylation is 4. The first-order chi connectivity index (χ1) is 9.90. The molecule has 0 aliphatic rings. The number of benzene rings is 1. The summed E-state index contributed by atoms with van der Waals surface area (Å²) in [5, 5.41) is 0. The van der Waals surface area contributed by atoms with Gasteiger partial charge in [0.05, 0.1) is 13.2 Å². The number of hydrogen-bond donors (Lipinski definition) is 2. The Morgan fingerprint density at radius 3 is 2.19 bits per heavy atom. The molecule has 1 aromatic heterocycles. The predicted octanol–water partition coefficient (Wildman–Crippen LogP) is 3.38. The highest BCUT2D eigenvalue weighted by Crippen LogP contribution is 2.34. The van der Waals surface area contributed by atoms with Crippen molar-refractivity contribution in [1.82, 2.24) is 5.43 Å². The van der Waals surface area contributed by atoms with Gasteiger partial charge in [0.25, 0.3) is 0 Å². The zero-order chi connectivity index (χ0) is 15.7. The molecule has 0 fully saturated rings. The van der Waals surface area contributed by atoms with Crippen LogP contribution in [0.2, 0.25) is 0 Å². The summed E-state index contributed by atoms with van der Waals surface area (Å²) in [6.45, 7) is 10.1. The van der Waals surface area contributed by atoms with E-state index in [1.165, 1.54) is 0 Å². The molecule has 0 saturated heterocycles. The molecule has 1 aromatic carbocycles. The van der Waals surface area contributed by atoms with E-state index < -0.39 is 0 Å². The molecular weight excluding hydrogens is 264 g/mol. The molecule has 2 aromatic rings. The average molecular weight is 288 g/mol. The van der Waals surface area contributed by atoms with Crippen molar-refractivity contribution in [1.29, 1.82) is 0 Å². The van der Waals surface area contributed by atoms with Crippen LogP contribution in [0.4, 0.5) is 0 Å². The average Bonchev–Trinajstić information content (AvgIpc) is 2.69. The van der Waals surface area contributed by atoms with Crippen LogP contribution in [0.3, 0.4) is 0 Å². The van der Waals surface area contributed by atoms with Gasteiger partial charge in [0.1, 0.15) is 17.3 Å². The topological polar surface area (TPSA) is 60.4 Å². The Bertz CT molecular complexity index is 659. The SMILES string of the molecule is COc1cc(C)c(C(NN)c2c(C)oc(C)c2C)cc1C. The lowest BCUT2D eigenvalue weighted by molar-refractivity contribution is 0.411. The van der Waals surface area contributed by atoms with Crippen molar-refractivity contribution >= 4 is 0 Å². The first-order valence-corrected chi connectivity index (χ1v) is 7.08. The molecule has 1 heterocycles. The second kappa shape index (κ2) is 5.92. The van der Waals surface area contributed by atoms with Crippen LogP contribution in [-0.2, 0) is 0 Å². The third kappa shape index (κ3) is 2.69. The maximum absolute atomic E-state index is 5.85. The van der Waals surface area contributed by atoms with Crippen LogP contribution in [-0.4, -0.2) is 7.11 Å². The normalized spacial score (nSPS) is 12.5. The number of hydrogen-bond acceptors (Lipinski definition) is 4. The van der Waals surface area contributed by atoms with E-state index in [0.29, 0.717) is 0 Å². The van der Waals surface area contributed by atoms with Gasteiger partial charge in [-0.15, -0.1) is 0 Å². The summed E-state index contributed by atoms with van der Waals surface area (Å²) in [6.07, 6.45) is 0. The molecule has 0 saturated carbocycles. The molecule has 0 aliphatic carbocycles. The maximum Gasteiger partial charge on any atom is 0.122 e. The lowest BCUT2D eigenvalue weighted by Gasteiger charge is -2.21. The molecule has 0 amide bonds. The van der Waals surface area contributed by atoms with E-state index in [2.05, 4.69) is 25.3 Å². The molecule has 1 atom stereocenters. The van der Waals surface area contributed by atoms with Gasteiger partial charge in [-0.2, -0.15) is 0 Å². The fourth-order valence-electron chi connectivity index (χ4n) is 2.91. The van der Waals surface area contributed by atoms with E-state index >= 15 is 0 Å². The van der Waals surface area contributed by atoms with Gasteiger partial charge in [0, 0.05) is 5.56 Å². The second-order valence-corrected chi connectivity index (χ2v) is 5.53. The minimum absolute atomic E-state index is 0.0907. The van der Waals surface area contributed by atoms with Gasteiger partial charge in [-0.25, -0.2) is 5.43 Å². The van der Waals surface area contributed by atoms with Crippen LogP contribution in [0, 0.1) is 34.6 Å². The smallest absolute Gasteiger partial charge is 0.122 e. The maximum atomic E-state index is 5.85. The highest BCUT2D eigenvalue weighted by molar-refractivity contribution is 5.48. The Balaban J connectivity index is 2.59. The summed E-state index contributed by atoms with van der Waals surface area (Å²) in [7, 11) is 1.69. The van der Waals surface area contributed by atoms with E-state index in [9.17, 15) is 0 Å². The lowest BCUT2D eigenvalue weighted by Crippen LogP contribution is -2.30. The van der Waals surface area contributed by atoms with E-state index in [0.717, 1.165) is 45.1 Å². The van der Waals surface area contributed by atoms with Gasteiger partial charge in [-0.05, 0) is 62.9 Å². The Morgan fingerprint density at radius 2 is 1.71 bits per heavy atom. The predicted molar refractivity (Wildman–Crippen MR) is 84.6 cm³/mol. The Morgan fingerprint density at radius 1 is 1.05 bits per heavy atom. The summed E-state index contributed by atoms with van der Waals surface area (Å²) in [6, 6.07) is 4.08. The number of nitrogens with two attached hydrogens (primary N) is 1. The molecule has 4 nitrogen and oxygen atoms in total. The van der Waals surface area contributed by atoms with Crippen LogP contribution in [0.25, 0.3) is 0 Å². The van der Waals surface area contributed by atoms with Gasteiger partial charge in [0.2, 0.25) is 0 Å². The molecule has 3 N–H and O–H groups in total. The van der Waals surface area contributed by atoms with Gasteiger partial charge in [-0.3, -0.25) is 5.84 Å². The summed E-state index contributed by atoms with van der Waals surface area (Å²) in [4.78, 5) is 0. The molecule has 0 aliphatic heterocycles. The van der Waals surface area contributed by atoms with Crippen LogP contribution in [0.15, 0.2) is 16.5 Å². The zero-order valence-corrected chi connectivity index (χ0v) is 13.6. The first-order valence-electron chi connectivity index (χ1n) is 7.08. The minimum Gasteiger partial charge on any atom is -0.496 e. The molecule has 21 heavy (non-hydrogen) atoms. The van der Waals surface area contributed by atoms with Gasteiger partial charge in [-0.1, -0.05) is 6.07 Å². The van der Waals surface area contributed by atoms with Gasteiger partial charge in [0.15, 0.2) is 0 Å². The van der Waals surface area contributed by atoms with Crippen LogP contribution < -0.4 is 16.0 Å². The van der Waals surface area contributed by atoms with Gasteiger partial charge < -0.3 is 9.15 Å². The van der Waals surface area contributed by atoms with Crippen LogP contribution in [0.1, 0.15) is 45.4 Å². The number of rotatable bonds is 4. The summed E-state index contributed by atoms with van der Waals surface area (Å²) in [5.74, 6) is 8.58. The molecule has 4 heteroatoms. The van der Waals surface area contributed by atoms with Crippen LogP contribution in [0.5, 0.6) is 5.75 Å². The number of hydrazine groups is 1. The summed E-state index contributed by atoms with van der Waals surface area (Å²) >= 11 is 0. The van der Waals surface area contributed by atoms with Gasteiger partial charge >= 0.3 is 0 Å².